The SMILES string of the molecule is Cc1cccc([N+](=O)[O-])c1NCC(C)N. The zero-order valence-electron chi connectivity index (χ0n) is 8.86. The smallest absolute Gasteiger partial charge is 0.292 e. The van der Waals surface area contributed by atoms with Gasteiger partial charge in [0, 0.05) is 18.7 Å². The molecular weight excluding hydrogens is 194 g/mol. The van der Waals surface area contributed by atoms with E-state index >= 15 is 0 Å². The number of nitrogens with one attached hydrogen (secondary N) is 1. The zero-order chi connectivity index (χ0) is 11.4. The van der Waals surface area contributed by atoms with Gasteiger partial charge < -0.3 is 11.1 Å². The third-order valence-corrected chi connectivity index (χ3v) is 2.05. The van der Waals surface area contributed by atoms with E-state index in [0.29, 0.717) is 12.2 Å². The minimum atomic E-state index is -0.392. The second-order valence-electron chi connectivity index (χ2n) is 3.58. The summed E-state index contributed by atoms with van der Waals surface area (Å²) in [6.45, 7) is 4.19. The molecule has 1 aromatic rings. The molecule has 1 rings (SSSR count). The van der Waals surface area contributed by atoms with E-state index in [9.17, 15) is 10.1 Å². The number of para-hydroxylation sites is 1. The predicted octanol–water partition coefficient (Wildman–Crippen LogP) is 1.66. The minimum Gasteiger partial charge on any atom is -0.378 e. The van der Waals surface area contributed by atoms with Crippen molar-refractivity contribution < 1.29 is 4.92 Å². The second-order valence-corrected chi connectivity index (χ2v) is 3.58. The minimum absolute atomic E-state index is 0.0378. The fourth-order valence-corrected chi connectivity index (χ4v) is 1.30. The largest absolute Gasteiger partial charge is 0.378 e. The molecule has 0 radical (unpaired) electrons. The number of rotatable bonds is 4. The lowest BCUT2D eigenvalue weighted by atomic mass is 10.1. The van der Waals surface area contributed by atoms with Crippen molar-refractivity contribution in [3.05, 3.63) is 33.9 Å². The third-order valence-electron chi connectivity index (χ3n) is 2.05. The third kappa shape index (κ3) is 2.92. The summed E-state index contributed by atoms with van der Waals surface area (Å²) in [6, 6.07) is 4.95. The van der Waals surface area contributed by atoms with Crippen LogP contribution in [0, 0.1) is 17.0 Å². The average Bonchev–Trinajstić information content (AvgIpc) is 2.15. The molecule has 0 heterocycles. The van der Waals surface area contributed by atoms with Gasteiger partial charge in [0.25, 0.3) is 5.69 Å². The number of nitro benzene ring substituents is 1. The summed E-state index contributed by atoms with van der Waals surface area (Å²) >= 11 is 0. The van der Waals surface area contributed by atoms with Crippen LogP contribution in [-0.4, -0.2) is 17.5 Å². The first-order chi connectivity index (χ1) is 7.02. The van der Waals surface area contributed by atoms with Crippen molar-refractivity contribution in [1.29, 1.82) is 0 Å². The van der Waals surface area contributed by atoms with Crippen molar-refractivity contribution in [2.24, 2.45) is 5.73 Å². The molecule has 0 aliphatic carbocycles. The van der Waals surface area contributed by atoms with Gasteiger partial charge in [0.1, 0.15) is 5.69 Å². The van der Waals surface area contributed by atoms with E-state index < -0.39 is 4.92 Å². The van der Waals surface area contributed by atoms with Crippen molar-refractivity contribution in [3.8, 4) is 0 Å². The lowest BCUT2D eigenvalue weighted by Gasteiger charge is -2.11. The van der Waals surface area contributed by atoms with Crippen LogP contribution in [0.3, 0.4) is 0 Å². The first-order valence-corrected chi connectivity index (χ1v) is 4.76. The lowest BCUT2D eigenvalue weighted by molar-refractivity contribution is -0.384. The summed E-state index contributed by atoms with van der Waals surface area (Å²) in [5.74, 6) is 0. The number of hydrogen-bond acceptors (Lipinski definition) is 4. The maximum atomic E-state index is 10.8. The van der Waals surface area contributed by atoms with Gasteiger partial charge in [-0.05, 0) is 19.4 Å². The van der Waals surface area contributed by atoms with Crippen LogP contribution in [0.2, 0.25) is 0 Å². The molecule has 0 aliphatic heterocycles. The number of nitrogens with two attached hydrogens (primary N) is 1. The van der Waals surface area contributed by atoms with Crippen molar-refractivity contribution in [2.75, 3.05) is 11.9 Å². The van der Waals surface area contributed by atoms with Crippen LogP contribution in [-0.2, 0) is 0 Å². The Balaban J connectivity index is 2.97. The normalized spacial score (nSPS) is 12.2. The van der Waals surface area contributed by atoms with E-state index in [1.807, 2.05) is 19.9 Å². The van der Waals surface area contributed by atoms with Crippen LogP contribution in [0.25, 0.3) is 0 Å². The molecule has 0 amide bonds. The summed E-state index contributed by atoms with van der Waals surface area (Å²) in [5.41, 5.74) is 7.08. The molecule has 0 spiro atoms. The molecular formula is C10H15N3O2. The van der Waals surface area contributed by atoms with Gasteiger partial charge in [0.15, 0.2) is 0 Å². The molecule has 0 aromatic heterocycles. The summed E-state index contributed by atoms with van der Waals surface area (Å²) in [4.78, 5) is 10.4. The number of aryl methyl sites for hydroxylation is 1. The fraction of sp³-hybridized carbons (Fsp3) is 0.400. The van der Waals surface area contributed by atoms with Gasteiger partial charge in [-0.3, -0.25) is 10.1 Å². The quantitative estimate of drug-likeness (QED) is 0.583. The first-order valence-electron chi connectivity index (χ1n) is 4.76. The van der Waals surface area contributed by atoms with Gasteiger partial charge in [-0.25, -0.2) is 0 Å². The van der Waals surface area contributed by atoms with E-state index in [4.69, 9.17) is 5.73 Å². The van der Waals surface area contributed by atoms with Crippen molar-refractivity contribution in [3.63, 3.8) is 0 Å². The highest BCUT2D eigenvalue weighted by atomic mass is 16.6. The summed E-state index contributed by atoms with van der Waals surface area (Å²) in [6.07, 6.45) is 0. The average molecular weight is 209 g/mol. The Kier molecular flexibility index (Phi) is 3.62. The highest BCUT2D eigenvalue weighted by Crippen LogP contribution is 2.27. The van der Waals surface area contributed by atoms with E-state index in [1.54, 1.807) is 6.07 Å². The number of nitro groups is 1. The Bertz CT molecular complexity index is 364. The van der Waals surface area contributed by atoms with Gasteiger partial charge in [0.2, 0.25) is 0 Å². The standard InChI is InChI=1S/C10H15N3O2/c1-7-4-3-5-9(13(14)15)10(7)12-6-8(2)11/h3-5,8,12H,6,11H2,1-2H3. The monoisotopic (exact) mass is 209 g/mol. The Morgan fingerprint density at radius 2 is 2.27 bits per heavy atom. The molecule has 0 saturated carbocycles. The van der Waals surface area contributed by atoms with E-state index in [0.717, 1.165) is 5.56 Å². The molecule has 1 aromatic carbocycles. The summed E-state index contributed by atoms with van der Waals surface area (Å²) in [7, 11) is 0. The highest BCUT2D eigenvalue weighted by molar-refractivity contribution is 5.65. The molecule has 5 nitrogen and oxygen atoms in total. The number of nitrogens with zero attached hydrogens (tertiary/aromatic N) is 1. The van der Waals surface area contributed by atoms with Gasteiger partial charge >= 0.3 is 0 Å². The van der Waals surface area contributed by atoms with Crippen LogP contribution >= 0.6 is 0 Å². The van der Waals surface area contributed by atoms with Crippen molar-refractivity contribution in [2.45, 2.75) is 19.9 Å². The van der Waals surface area contributed by atoms with Gasteiger partial charge in [0.05, 0.1) is 4.92 Å². The topological polar surface area (TPSA) is 81.2 Å². The number of hydrogen-bond donors (Lipinski definition) is 2. The van der Waals surface area contributed by atoms with Crippen molar-refractivity contribution in [1.82, 2.24) is 0 Å². The molecule has 0 aliphatic rings. The van der Waals surface area contributed by atoms with Crippen LogP contribution in [0.15, 0.2) is 18.2 Å². The van der Waals surface area contributed by atoms with Crippen LogP contribution < -0.4 is 11.1 Å². The first kappa shape index (κ1) is 11.5. The van der Waals surface area contributed by atoms with Gasteiger partial charge in [-0.2, -0.15) is 0 Å². The molecule has 1 atom stereocenters. The molecule has 15 heavy (non-hydrogen) atoms. The van der Waals surface area contributed by atoms with Crippen LogP contribution in [0.5, 0.6) is 0 Å². The number of anilines is 1. The Morgan fingerprint density at radius 3 is 2.80 bits per heavy atom. The van der Waals surface area contributed by atoms with Crippen LogP contribution in [0.1, 0.15) is 12.5 Å². The molecule has 0 fully saturated rings. The maximum Gasteiger partial charge on any atom is 0.292 e. The molecule has 1 unspecified atom stereocenters. The van der Waals surface area contributed by atoms with E-state index in [-0.39, 0.29) is 11.7 Å². The second kappa shape index (κ2) is 4.75. The molecule has 0 bridgehead atoms. The predicted molar refractivity (Wildman–Crippen MR) is 60.0 cm³/mol. The van der Waals surface area contributed by atoms with Gasteiger partial charge in [-0.1, -0.05) is 12.1 Å². The lowest BCUT2D eigenvalue weighted by Crippen LogP contribution is -2.25. The van der Waals surface area contributed by atoms with E-state index in [2.05, 4.69) is 5.32 Å². The summed E-state index contributed by atoms with van der Waals surface area (Å²) < 4.78 is 0. The summed E-state index contributed by atoms with van der Waals surface area (Å²) in [5, 5.41) is 13.7. The molecule has 3 N–H and O–H groups in total. The molecule has 0 saturated heterocycles. The van der Waals surface area contributed by atoms with E-state index in [1.165, 1.54) is 6.07 Å². The van der Waals surface area contributed by atoms with Crippen LogP contribution in [0.4, 0.5) is 11.4 Å². The van der Waals surface area contributed by atoms with Gasteiger partial charge in [-0.15, -0.1) is 0 Å². The zero-order valence-corrected chi connectivity index (χ0v) is 8.86. The Labute approximate surface area is 88.4 Å². The van der Waals surface area contributed by atoms with Crippen molar-refractivity contribution >= 4 is 11.4 Å². The maximum absolute atomic E-state index is 10.8. The number of benzene rings is 1. The molecule has 5 heteroatoms. The molecule has 82 valence electrons. The Hall–Kier alpha value is -1.62. The fourth-order valence-electron chi connectivity index (χ4n) is 1.30. The highest BCUT2D eigenvalue weighted by Gasteiger charge is 2.14. The Morgan fingerprint density at radius 1 is 1.60 bits per heavy atom.